The van der Waals surface area contributed by atoms with E-state index in [1.165, 1.54) is 11.1 Å². The van der Waals surface area contributed by atoms with Crippen LogP contribution in [0.15, 0.2) is 191 Å². The molecule has 0 bridgehead atoms. The Bertz CT molecular complexity index is 3020. The van der Waals surface area contributed by atoms with Crippen molar-refractivity contribution < 1.29 is 13.6 Å². The minimum Gasteiger partial charge on any atom is -0.457 e. The van der Waals surface area contributed by atoms with Crippen molar-refractivity contribution in [2.24, 2.45) is 0 Å². The average molecular weight is 821 g/mol. The fourth-order valence-corrected chi connectivity index (χ4v) is 8.21. The number of pyridine rings is 2. The first-order valence-corrected chi connectivity index (χ1v) is 21.5. The van der Waals surface area contributed by atoms with Crippen molar-refractivity contribution in [3.8, 4) is 78.9 Å². The number of furan rings is 2. The molecule has 0 N–H and O–H groups in total. The number of benzene rings is 6. The number of nitrogens with zero attached hydrogens (tertiary/aromatic N) is 2. The van der Waals surface area contributed by atoms with Crippen LogP contribution in [0.3, 0.4) is 0 Å². The molecule has 0 aliphatic carbocycles. The lowest BCUT2D eigenvalue weighted by atomic mass is 9.86. The second-order valence-electron chi connectivity index (χ2n) is 18.4. The normalized spacial score (nSPS) is 12.0. The Kier molecular flexibility index (Phi) is 9.91. The highest BCUT2D eigenvalue weighted by Gasteiger charge is 2.20. The van der Waals surface area contributed by atoms with Crippen LogP contribution in [0.25, 0.3) is 89.4 Å². The molecule has 10 aromatic rings. The average Bonchev–Trinajstić information content (AvgIpc) is 3.95. The summed E-state index contributed by atoms with van der Waals surface area (Å²) in [6.45, 7) is 13.4. The van der Waals surface area contributed by atoms with Gasteiger partial charge < -0.3 is 13.6 Å². The second-order valence-corrected chi connectivity index (χ2v) is 18.4. The van der Waals surface area contributed by atoms with E-state index >= 15 is 0 Å². The van der Waals surface area contributed by atoms with Crippen molar-refractivity contribution in [1.82, 2.24) is 9.97 Å². The van der Waals surface area contributed by atoms with Crippen molar-refractivity contribution in [1.29, 1.82) is 0 Å². The molecule has 0 fully saturated rings. The van der Waals surface area contributed by atoms with Crippen LogP contribution in [-0.2, 0) is 10.8 Å². The van der Waals surface area contributed by atoms with Gasteiger partial charge in [0.05, 0.1) is 0 Å². The third-order valence-electron chi connectivity index (χ3n) is 11.7. The summed E-state index contributed by atoms with van der Waals surface area (Å²) in [5.41, 5.74) is 13.5. The Labute approximate surface area is 368 Å². The summed E-state index contributed by atoms with van der Waals surface area (Å²) in [5, 5.41) is 1.96. The molecule has 4 heterocycles. The highest BCUT2D eigenvalue weighted by Crippen LogP contribution is 2.41. The molecule has 0 unspecified atom stereocenters. The van der Waals surface area contributed by atoms with Gasteiger partial charge in [0, 0.05) is 45.4 Å². The van der Waals surface area contributed by atoms with Gasteiger partial charge in [-0.1, -0.05) is 151 Å². The van der Waals surface area contributed by atoms with E-state index in [0.29, 0.717) is 11.5 Å². The molecular weight excluding hydrogens is 773 g/mol. The number of aromatic nitrogens is 2. The lowest BCUT2D eigenvalue weighted by Gasteiger charge is -2.18. The van der Waals surface area contributed by atoms with E-state index in [9.17, 15) is 0 Å². The molecule has 0 saturated heterocycles. The van der Waals surface area contributed by atoms with Crippen molar-refractivity contribution in [2.75, 3.05) is 0 Å². The molecule has 0 amide bonds. The van der Waals surface area contributed by atoms with Gasteiger partial charge >= 0.3 is 0 Å². The van der Waals surface area contributed by atoms with Gasteiger partial charge in [-0.15, -0.1) is 0 Å². The van der Waals surface area contributed by atoms with Crippen LogP contribution in [0.5, 0.6) is 11.5 Å². The van der Waals surface area contributed by atoms with Crippen LogP contribution >= 0.6 is 0 Å². The van der Waals surface area contributed by atoms with E-state index in [1.807, 2.05) is 48.8 Å². The lowest BCUT2D eigenvalue weighted by molar-refractivity contribution is 0.483. The monoisotopic (exact) mass is 820 g/mol. The fraction of sp³-hybridized carbons (Fsp3) is 0.138. The molecule has 4 aromatic heterocycles. The molecule has 0 radical (unpaired) electrons. The topological polar surface area (TPSA) is 61.3 Å². The maximum atomic E-state index is 6.96. The molecule has 0 aliphatic rings. The number of rotatable bonds is 8. The van der Waals surface area contributed by atoms with Gasteiger partial charge in [-0.3, -0.25) is 9.97 Å². The molecule has 5 heteroatoms. The summed E-state index contributed by atoms with van der Waals surface area (Å²) in [6.07, 6.45) is 3.69. The first-order chi connectivity index (χ1) is 30.4. The summed E-state index contributed by atoms with van der Waals surface area (Å²) < 4.78 is 20.3. The smallest absolute Gasteiger partial charge is 0.161 e. The van der Waals surface area contributed by atoms with Crippen LogP contribution in [0.4, 0.5) is 0 Å². The first-order valence-electron chi connectivity index (χ1n) is 21.5. The number of hydrogen-bond acceptors (Lipinski definition) is 5. The minimum absolute atomic E-state index is 0.0611. The third kappa shape index (κ3) is 8.06. The molecule has 6 aromatic carbocycles. The predicted molar refractivity (Wildman–Crippen MR) is 258 cm³/mol. The van der Waals surface area contributed by atoms with Gasteiger partial charge in [0.1, 0.15) is 34.4 Å². The van der Waals surface area contributed by atoms with Gasteiger partial charge in [0.25, 0.3) is 0 Å². The number of fused-ring (bicyclic) bond motifs is 2. The molecular formula is C58H48N2O3. The van der Waals surface area contributed by atoms with Crippen molar-refractivity contribution >= 4 is 21.9 Å². The zero-order valence-electron chi connectivity index (χ0n) is 36.4. The molecule has 5 nitrogen and oxygen atoms in total. The molecule has 0 aliphatic heterocycles. The maximum Gasteiger partial charge on any atom is 0.161 e. The van der Waals surface area contributed by atoms with Gasteiger partial charge in [-0.05, 0) is 105 Å². The van der Waals surface area contributed by atoms with E-state index < -0.39 is 0 Å². The molecule has 10 rings (SSSR count). The van der Waals surface area contributed by atoms with Crippen LogP contribution < -0.4 is 4.74 Å². The van der Waals surface area contributed by atoms with Crippen molar-refractivity contribution in [2.45, 2.75) is 52.4 Å². The Morgan fingerprint density at radius 1 is 0.365 bits per heavy atom. The fourth-order valence-electron chi connectivity index (χ4n) is 8.21. The van der Waals surface area contributed by atoms with E-state index in [2.05, 4.69) is 175 Å². The Morgan fingerprint density at radius 3 is 1.13 bits per heavy atom. The van der Waals surface area contributed by atoms with Crippen molar-refractivity contribution in [3.63, 3.8) is 0 Å². The molecule has 0 saturated carbocycles. The van der Waals surface area contributed by atoms with Gasteiger partial charge in [0.2, 0.25) is 0 Å². The first kappa shape index (κ1) is 39.6. The Hall–Kier alpha value is -7.50. The maximum absolute atomic E-state index is 6.96. The van der Waals surface area contributed by atoms with Crippen LogP contribution in [0, 0.1) is 0 Å². The van der Waals surface area contributed by atoms with E-state index in [1.54, 1.807) is 0 Å². The zero-order valence-corrected chi connectivity index (χ0v) is 36.4. The quantitative estimate of drug-likeness (QED) is 0.153. The zero-order chi connectivity index (χ0) is 43.3. The summed E-state index contributed by atoms with van der Waals surface area (Å²) >= 11 is 0. The second kappa shape index (κ2) is 15.8. The van der Waals surface area contributed by atoms with E-state index in [0.717, 1.165) is 89.4 Å². The van der Waals surface area contributed by atoms with Crippen LogP contribution in [-0.4, -0.2) is 9.97 Å². The SMILES string of the molecule is CC(C)(C)c1ccc(-c2cc3ccnc(-c4cc(Oc5cc(-c6ccccc6)cc(-c6nccc7cc(-c8ccc(C(C)(C)C)cc8)oc67)c5)cc(-c5ccccc5)c4)c3o2)cc1. The number of ether oxygens (including phenoxy) is 1. The van der Waals surface area contributed by atoms with E-state index in [-0.39, 0.29) is 10.8 Å². The van der Waals surface area contributed by atoms with Gasteiger partial charge in [0.15, 0.2) is 11.2 Å². The van der Waals surface area contributed by atoms with Gasteiger partial charge in [-0.2, -0.15) is 0 Å². The summed E-state index contributed by atoms with van der Waals surface area (Å²) in [6, 6.07) is 58.8. The Morgan fingerprint density at radius 2 is 0.746 bits per heavy atom. The lowest BCUT2D eigenvalue weighted by Crippen LogP contribution is -2.10. The largest absolute Gasteiger partial charge is 0.457 e. The highest BCUT2D eigenvalue weighted by atomic mass is 16.5. The Balaban J connectivity index is 1.07. The standard InChI is InChI=1S/C58H48N2O3/c1-57(2,3)47-21-17-39(18-22-47)51-35-41-25-27-59-53(55(41)62-51)45-29-43(37-13-9-7-10-14-37)31-49(33-45)61-50-32-44(38-15-11-8-12-16-38)30-46(34-50)54-56-42(26-28-60-54)36-52(63-56)40-19-23-48(24-20-40)58(4,5)6/h7-36H,1-6H3. The van der Waals surface area contributed by atoms with E-state index in [4.69, 9.17) is 23.5 Å². The summed E-state index contributed by atoms with van der Waals surface area (Å²) in [5.74, 6) is 2.92. The third-order valence-corrected chi connectivity index (χ3v) is 11.7. The predicted octanol–water partition coefficient (Wildman–Crippen LogP) is 16.4. The molecule has 308 valence electrons. The van der Waals surface area contributed by atoms with Crippen LogP contribution in [0.1, 0.15) is 52.7 Å². The molecule has 63 heavy (non-hydrogen) atoms. The number of hydrogen-bond donors (Lipinski definition) is 0. The van der Waals surface area contributed by atoms with Crippen LogP contribution in [0.2, 0.25) is 0 Å². The molecule has 0 atom stereocenters. The summed E-state index contributed by atoms with van der Waals surface area (Å²) in [4.78, 5) is 9.84. The molecule has 0 spiro atoms. The van der Waals surface area contributed by atoms with Gasteiger partial charge in [-0.25, -0.2) is 0 Å². The minimum atomic E-state index is 0.0611. The van der Waals surface area contributed by atoms with Crippen molar-refractivity contribution in [3.05, 3.63) is 193 Å². The summed E-state index contributed by atoms with van der Waals surface area (Å²) in [7, 11) is 0. The highest BCUT2D eigenvalue weighted by molar-refractivity contribution is 5.95.